The summed E-state index contributed by atoms with van der Waals surface area (Å²) in [6.07, 6.45) is -7.70. The molecule has 0 unspecified atom stereocenters. The van der Waals surface area contributed by atoms with E-state index in [1.54, 1.807) is 12.1 Å². The van der Waals surface area contributed by atoms with Crippen LogP contribution in [0.2, 0.25) is 0 Å². The fraction of sp³-hybridized carbons (Fsp3) is 0.179. The van der Waals surface area contributed by atoms with Gasteiger partial charge in [0.05, 0.1) is 35.9 Å². The molecule has 0 radical (unpaired) electrons. The Bertz CT molecular complexity index is 1980. The quantitative estimate of drug-likeness (QED) is 0.154. The smallest absolute Gasteiger partial charge is 0.416 e. The SMILES string of the molecule is CCOC(=O)c1cc2c(=O)n3ccccc3nc2n(Cc2ccco2)c1=NC(=O)c1cc(C(F)(F)F)cc(C(F)(F)F)c1. The summed E-state index contributed by atoms with van der Waals surface area (Å²) in [4.78, 5) is 48.1. The summed E-state index contributed by atoms with van der Waals surface area (Å²) in [5, 5.41) is -0.122. The van der Waals surface area contributed by atoms with Gasteiger partial charge in [-0.15, -0.1) is 0 Å². The molecule has 1 aromatic carbocycles. The minimum absolute atomic E-state index is 0.104. The third-order valence-corrected chi connectivity index (χ3v) is 6.22. The van der Waals surface area contributed by atoms with E-state index >= 15 is 0 Å². The van der Waals surface area contributed by atoms with Gasteiger partial charge in [0.1, 0.15) is 22.6 Å². The first-order valence-electron chi connectivity index (χ1n) is 12.4. The highest BCUT2D eigenvalue weighted by Crippen LogP contribution is 2.36. The summed E-state index contributed by atoms with van der Waals surface area (Å²) in [6, 6.07) is 9.07. The Morgan fingerprint density at radius 2 is 1.67 bits per heavy atom. The number of carbonyl (C=O) groups is 2. The molecule has 4 heterocycles. The first kappa shape index (κ1) is 29.3. The molecule has 4 aromatic heterocycles. The van der Waals surface area contributed by atoms with Crippen LogP contribution < -0.4 is 11.0 Å². The molecule has 0 aliphatic heterocycles. The molecule has 15 heteroatoms. The van der Waals surface area contributed by atoms with Crippen LogP contribution in [-0.2, 0) is 23.6 Å². The van der Waals surface area contributed by atoms with Gasteiger partial charge in [-0.3, -0.25) is 14.0 Å². The van der Waals surface area contributed by atoms with Crippen LogP contribution in [0.5, 0.6) is 0 Å². The van der Waals surface area contributed by atoms with E-state index in [9.17, 15) is 40.7 Å². The number of pyridine rings is 2. The molecule has 222 valence electrons. The van der Waals surface area contributed by atoms with Gasteiger partial charge in [-0.05, 0) is 55.5 Å². The molecule has 5 aromatic rings. The van der Waals surface area contributed by atoms with Crippen molar-refractivity contribution < 1.29 is 45.1 Å². The summed E-state index contributed by atoms with van der Waals surface area (Å²) < 4.78 is 93.6. The number of esters is 1. The van der Waals surface area contributed by atoms with Gasteiger partial charge in [-0.1, -0.05) is 6.07 Å². The third kappa shape index (κ3) is 5.78. The number of hydrogen-bond acceptors (Lipinski definition) is 6. The van der Waals surface area contributed by atoms with Crippen molar-refractivity contribution in [2.24, 2.45) is 4.99 Å². The lowest BCUT2D eigenvalue weighted by Gasteiger charge is -2.15. The molecule has 0 spiro atoms. The molecule has 0 bridgehead atoms. The second-order valence-electron chi connectivity index (χ2n) is 9.06. The topological polar surface area (TPSA) is 108 Å². The molecule has 0 atom stereocenters. The predicted molar refractivity (Wildman–Crippen MR) is 137 cm³/mol. The van der Waals surface area contributed by atoms with Gasteiger partial charge in [0, 0.05) is 11.8 Å². The monoisotopic (exact) mass is 604 g/mol. The van der Waals surface area contributed by atoms with Gasteiger partial charge in [0.15, 0.2) is 5.49 Å². The number of fused-ring (bicyclic) bond motifs is 2. The van der Waals surface area contributed by atoms with Gasteiger partial charge in [0.2, 0.25) is 0 Å². The maximum Gasteiger partial charge on any atom is 0.416 e. The van der Waals surface area contributed by atoms with E-state index in [0.29, 0.717) is 0 Å². The Morgan fingerprint density at radius 1 is 0.977 bits per heavy atom. The fourth-order valence-corrected chi connectivity index (χ4v) is 4.30. The van der Waals surface area contributed by atoms with Crippen molar-refractivity contribution >= 4 is 28.6 Å². The number of aromatic nitrogens is 3. The van der Waals surface area contributed by atoms with Gasteiger partial charge < -0.3 is 13.7 Å². The molecular weight excluding hydrogens is 586 g/mol. The number of rotatable bonds is 5. The Morgan fingerprint density at radius 3 is 2.28 bits per heavy atom. The standard InChI is InChI=1S/C28H18F6N4O5/c1-2-42-26(41)20-13-19-22(35-21-7-3-4-8-37(21)25(19)40)38(14-18-6-5-9-43-18)23(20)36-24(39)15-10-16(27(29,30)31)12-17(11-15)28(32,33)34/h3-13H,2,14H2,1H3. The van der Waals surface area contributed by atoms with E-state index in [1.165, 1.54) is 42.0 Å². The Labute approximate surface area is 236 Å². The second-order valence-corrected chi connectivity index (χ2v) is 9.06. The molecule has 0 aliphatic carbocycles. The molecule has 0 N–H and O–H groups in total. The zero-order valence-electron chi connectivity index (χ0n) is 21.9. The average Bonchev–Trinajstić information content (AvgIpc) is 3.46. The van der Waals surface area contributed by atoms with Crippen molar-refractivity contribution in [3.8, 4) is 0 Å². The predicted octanol–water partition coefficient (Wildman–Crippen LogP) is 5.25. The molecule has 43 heavy (non-hydrogen) atoms. The number of alkyl halides is 6. The van der Waals surface area contributed by atoms with Crippen molar-refractivity contribution in [1.82, 2.24) is 14.0 Å². The van der Waals surface area contributed by atoms with Crippen molar-refractivity contribution in [1.29, 1.82) is 0 Å². The molecule has 0 aliphatic rings. The maximum absolute atomic E-state index is 13.5. The lowest BCUT2D eigenvalue weighted by molar-refractivity contribution is -0.143. The highest BCUT2D eigenvalue weighted by atomic mass is 19.4. The summed E-state index contributed by atoms with van der Waals surface area (Å²) in [5.41, 5.74) is -6.07. The molecule has 1 amide bonds. The average molecular weight is 604 g/mol. The summed E-state index contributed by atoms with van der Waals surface area (Å²) in [6.45, 7) is 1.03. The molecule has 5 rings (SSSR count). The highest BCUT2D eigenvalue weighted by Gasteiger charge is 2.37. The zero-order valence-corrected chi connectivity index (χ0v) is 21.9. The van der Waals surface area contributed by atoms with Gasteiger partial charge >= 0.3 is 18.3 Å². The van der Waals surface area contributed by atoms with Crippen molar-refractivity contribution in [3.63, 3.8) is 0 Å². The summed E-state index contributed by atoms with van der Waals surface area (Å²) in [7, 11) is 0. The van der Waals surface area contributed by atoms with Gasteiger partial charge in [-0.2, -0.15) is 31.3 Å². The first-order valence-corrected chi connectivity index (χ1v) is 12.4. The van der Waals surface area contributed by atoms with Gasteiger partial charge in [-0.25, -0.2) is 9.78 Å². The van der Waals surface area contributed by atoms with E-state index in [4.69, 9.17) is 9.15 Å². The number of halogens is 6. The van der Waals surface area contributed by atoms with Crippen LogP contribution in [0.15, 0.2) is 81.3 Å². The zero-order chi connectivity index (χ0) is 31.1. The molecule has 0 saturated carbocycles. The van der Waals surface area contributed by atoms with Crippen LogP contribution in [-0.4, -0.2) is 32.4 Å². The minimum atomic E-state index is -5.22. The van der Waals surface area contributed by atoms with E-state index in [1.807, 2.05) is 0 Å². The normalized spacial score (nSPS) is 12.7. The first-order chi connectivity index (χ1) is 20.3. The Kier molecular flexibility index (Phi) is 7.42. The molecular formula is C28H18F6N4O5. The number of hydrogen-bond donors (Lipinski definition) is 0. The number of furan rings is 1. The van der Waals surface area contributed by atoms with Crippen LogP contribution in [0.3, 0.4) is 0 Å². The summed E-state index contributed by atoms with van der Waals surface area (Å²) in [5.74, 6) is -2.38. The van der Waals surface area contributed by atoms with Crippen LogP contribution >= 0.6 is 0 Å². The van der Waals surface area contributed by atoms with Crippen LogP contribution in [0, 0.1) is 0 Å². The van der Waals surface area contributed by atoms with E-state index < -0.39 is 57.5 Å². The molecule has 0 fully saturated rings. The lowest BCUT2D eigenvalue weighted by atomic mass is 10.0. The molecule has 9 nitrogen and oxygen atoms in total. The van der Waals surface area contributed by atoms with E-state index in [2.05, 4.69) is 9.98 Å². The largest absolute Gasteiger partial charge is 0.467 e. The highest BCUT2D eigenvalue weighted by molar-refractivity contribution is 5.97. The fourth-order valence-electron chi connectivity index (χ4n) is 4.30. The summed E-state index contributed by atoms with van der Waals surface area (Å²) >= 11 is 0. The number of nitrogens with zero attached hydrogens (tertiary/aromatic N) is 4. The van der Waals surface area contributed by atoms with Crippen molar-refractivity contribution in [2.75, 3.05) is 6.61 Å². The number of amides is 1. The van der Waals surface area contributed by atoms with E-state index in [0.717, 1.165) is 10.6 Å². The number of carbonyl (C=O) groups excluding carboxylic acids is 2. The second kappa shape index (κ2) is 10.9. The minimum Gasteiger partial charge on any atom is -0.467 e. The van der Waals surface area contributed by atoms with Crippen molar-refractivity contribution in [3.05, 3.63) is 111 Å². The maximum atomic E-state index is 13.5. The van der Waals surface area contributed by atoms with Gasteiger partial charge in [0.25, 0.3) is 11.5 Å². The number of benzene rings is 1. The van der Waals surface area contributed by atoms with Crippen molar-refractivity contribution in [2.45, 2.75) is 25.8 Å². The van der Waals surface area contributed by atoms with Crippen LogP contribution in [0.1, 0.15) is 44.5 Å². The Balaban J connectivity index is 1.87. The van der Waals surface area contributed by atoms with Crippen LogP contribution in [0.4, 0.5) is 26.3 Å². The third-order valence-electron chi connectivity index (χ3n) is 6.22. The van der Waals surface area contributed by atoms with E-state index in [-0.39, 0.29) is 53.8 Å². The number of ether oxygens (including phenoxy) is 1. The van der Waals surface area contributed by atoms with Crippen LogP contribution in [0.25, 0.3) is 16.7 Å². The molecule has 0 saturated heterocycles. The lowest BCUT2D eigenvalue weighted by Crippen LogP contribution is -2.33. The Hall–Kier alpha value is -5.21.